The zero-order valence-corrected chi connectivity index (χ0v) is 12.4. The summed E-state index contributed by atoms with van der Waals surface area (Å²) in [6.07, 6.45) is 1.76. The van der Waals surface area contributed by atoms with Crippen LogP contribution in [0.4, 0.5) is 0 Å². The molecule has 0 fully saturated rings. The highest BCUT2D eigenvalue weighted by Gasteiger charge is 2.03. The molecule has 20 heavy (non-hydrogen) atoms. The SMILES string of the molecule is CCCCOCCOCC(O)CNCc1ccccc1. The molecule has 0 amide bonds. The zero-order chi connectivity index (χ0) is 14.5. The molecule has 0 heterocycles. The van der Waals surface area contributed by atoms with Crippen LogP contribution in [0.25, 0.3) is 0 Å². The van der Waals surface area contributed by atoms with Gasteiger partial charge in [-0.2, -0.15) is 0 Å². The van der Waals surface area contributed by atoms with Crippen LogP contribution in [0, 0.1) is 0 Å². The highest BCUT2D eigenvalue weighted by molar-refractivity contribution is 5.14. The van der Waals surface area contributed by atoms with Gasteiger partial charge in [0.25, 0.3) is 0 Å². The molecule has 0 radical (unpaired) electrons. The maximum Gasteiger partial charge on any atom is 0.0897 e. The van der Waals surface area contributed by atoms with E-state index < -0.39 is 6.10 Å². The van der Waals surface area contributed by atoms with Crippen molar-refractivity contribution in [3.8, 4) is 0 Å². The molecule has 0 saturated heterocycles. The van der Waals surface area contributed by atoms with Gasteiger partial charge in [-0.25, -0.2) is 0 Å². The fourth-order valence-corrected chi connectivity index (χ4v) is 1.72. The van der Waals surface area contributed by atoms with Crippen LogP contribution in [0.2, 0.25) is 0 Å². The molecule has 0 aromatic heterocycles. The monoisotopic (exact) mass is 281 g/mol. The molecule has 1 aromatic carbocycles. The van der Waals surface area contributed by atoms with Crippen molar-refractivity contribution in [2.24, 2.45) is 0 Å². The standard InChI is InChI=1S/C16H27NO3/c1-2-3-9-19-10-11-20-14-16(18)13-17-12-15-7-5-4-6-8-15/h4-8,16-18H,2-3,9-14H2,1H3. The van der Waals surface area contributed by atoms with Gasteiger partial charge in [0.2, 0.25) is 0 Å². The second-order valence-corrected chi connectivity index (χ2v) is 4.81. The number of nitrogens with one attached hydrogen (secondary N) is 1. The molecule has 1 unspecified atom stereocenters. The van der Waals surface area contributed by atoms with E-state index in [1.165, 1.54) is 5.56 Å². The Balaban J connectivity index is 1.91. The molecule has 4 heteroatoms. The molecule has 0 bridgehead atoms. The van der Waals surface area contributed by atoms with Crippen LogP contribution in [-0.4, -0.2) is 44.2 Å². The second-order valence-electron chi connectivity index (χ2n) is 4.81. The average molecular weight is 281 g/mol. The summed E-state index contributed by atoms with van der Waals surface area (Å²) in [5, 5.41) is 12.9. The number of rotatable bonds is 12. The molecular weight excluding hydrogens is 254 g/mol. The number of aliphatic hydroxyl groups excluding tert-OH is 1. The largest absolute Gasteiger partial charge is 0.389 e. The van der Waals surface area contributed by atoms with Crippen LogP contribution in [0.1, 0.15) is 25.3 Å². The molecular formula is C16H27NO3. The van der Waals surface area contributed by atoms with Crippen LogP contribution in [0.3, 0.4) is 0 Å². The fourth-order valence-electron chi connectivity index (χ4n) is 1.72. The molecule has 0 aliphatic heterocycles. The van der Waals surface area contributed by atoms with Crippen molar-refractivity contribution < 1.29 is 14.6 Å². The van der Waals surface area contributed by atoms with E-state index in [-0.39, 0.29) is 0 Å². The van der Waals surface area contributed by atoms with Crippen molar-refractivity contribution in [3.05, 3.63) is 35.9 Å². The fraction of sp³-hybridized carbons (Fsp3) is 0.625. The Morgan fingerprint density at radius 1 is 1.10 bits per heavy atom. The summed E-state index contributed by atoms with van der Waals surface area (Å²) in [5.74, 6) is 0. The van der Waals surface area contributed by atoms with Gasteiger partial charge < -0.3 is 19.9 Å². The van der Waals surface area contributed by atoms with Crippen LogP contribution < -0.4 is 5.32 Å². The molecule has 0 saturated carbocycles. The Kier molecular flexibility index (Phi) is 10.1. The summed E-state index contributed by atoms with van der Waals surface area (Å²) in [4.78, 5) is 0. The first kappa shape index (κ1) is 17.1. The number of ether oxygens (including phenoxy) is 2. The summed E-state index contributed by atoms with van der Waals surface area (Å²) in [6, 6.07) is 10.1. The van der Waals surface area contributed by atoms with E-state index in [0.29, 0.717) is 26.4 Å². The van der Waals surface area contributed by atoms with Gasteiger partial charge in [-0.15, -0.1) is 0 Å². The predicted molar refractivity (Wildman–Crippen MR) is 80.7 cm³/mol. The first-order chi connectivity index (χ1) is 9.83. The minimum atomic E-state index is -0.477. The summed E-state index contributed by atoms with van der Waals surface area (Å²) in [5.41, 5.74) is 1.21. The van der Waals surface area contributed by atoms with Crippen LogP contribution in [-0.2, 0) is 16.0 Å². The lowest BCUT2D eigenvalue weighted by atomic mass is 10.2. The lowest BCUT2D eigenvalue weighted by Gasteiger charge is -2.12. The minimum absolute atomic E-state index is 0.346. The van der Waals surface area contributed by atoms with E-state index in [9.17, 15) is 5.11 Å². The van der Waals surface area contributed by atoms with Gasteiger partial charge in [-0.1, -0.05) is 43.7 Å². The molecule has 1 aromatic rings. The van der Waals surface area contributed by atoms with Crippen molar-refractivity contribution in [2.75, 3.05) is 33.0 Å². The second kappa shape index (κ2) is 11.9. The average Bonchev–Trinajstić information content (AvgIpc) is 2.47. The van der Waals surface area contributed by atoms with Gasteiger partial charge in [0.1, 0.15) is 0 Å². The van der Waals surface area contributed by atoms with Crippen molar-refractivity contribution in [2.45, 2.75) is 32.4 Å². The summed E-state index contributed by atoms with van der Waals surface area (Å²) in [7, 11) is 0. The van der Waals surface area contributed by atoms with Crippen molar-refractivity contribution in [3.63, 3.8) is 0 Å². The van der Waals surface area contributed by atoms with E-state index in [1.807, 2.05) is 18.2 Å². The topological polar surface area (TPSA) is 50.7 Å². The Bertz CT molecular complexity index is 319. The molecule has 1 rings (SSSR count). The molecule has 0 spiro atoms. The third-order valence-corrected chi connectivity index (χ3v) is 2.88. The van der Waals surface area contributed by atoms with E-state index >= 15 is 0 Å². The zero-order valence-electron chi connectivity index (χ0n) is 12.4. The molecule has 1 atom stereocenters. The normalized spacial score (nSPS) is 12.5. The number of hydrogen-bond acceptors (Lipinski definition) is 4. The van der Waals surface area contributed by atoms with Gasteiger partial charge in [-0.3, -0.25) is 0 Å². The molecule has 0 aliphatic carbocycles. The lowest BCUT2D eigenvalue weighted by molar-refractivity contribution is 0.00385. The highest BCUT2D eigenvalue weighted by atomic mass is 16.5. The van der Waals surface area contributed by atoms with Crippen molar-refractivity contribution >= 4 is 0 Å². The first-order valence-corrected chi connectivity index (χ1v) is 7.41. The van der Waals surface area contributed by atoms with E-state index in [0.717, 1.165) is 26.0 Å². The molecule has 114 valence electrons. The van der Waals surface area contributed by atoms with Crippen molar-refractivity contribution in [1.29, 1.82) is 0 Å². The van der Waals surface area contributed by atoms with Gasteiger partial charge >= 0.3 is 0 Å². The maximum atomic E-state index is 9.74. The third kappa shape index (κ3) is 9.04. The van der Waals surface area contributed by atoms with Gasteiger partial charge in [-0.05, 0) is 12.0 Å². The maximum absolute atomic E-state index is 9.74. The van der Waals surface area contributed by atoms with E-state index in [4.69, 9.17) is 9.47 Å². The van der Waals surface area contributed by atoms with E-state index in [1.54, 1.807) is 0 Å². The Morgan fingerprint density at radius 3 is 2.60 bits per heavy atom. The smallest absolute Gasteiger partial charge is 0.0897 e. The summed E-state index contributed by atoms with van der Waals surface area (Å²) < 4.78 is 10.7. The van der Waals surface area contributed by atoms with Crippen LogP contribution in [0.5, 0.6) is 0 Å². The number of hydrogen-bond donors (Lipinski definition) is 2. The summed E-state index contributed by atoms with van der Waals surface area (Å²) >= 11 is 0. The lowest BCUT2D eigenvalue weighted by Crippen LogP contribution is -2.30. The van der Waals surface area contributed by atoms with Gasteiger partial charge in [0, 0.05) is 19.7 Å². The van der Waals surface area contributed by atoms with Gasteiger partial charge in [0.05, 0.1) is 25.9 Å². The van der Waals surface area contributed by atoms with Crippen molar-refractivity contribution in [1.82, 2.24) is 5.32 Å². The van der Waals surface area contributed by atoms with Gasteiger partial charge in [0.15, 0.2) is 0 Å². The minimum Gasteiger partial charge on any atom is -0.389 e. The quantitative estimate of drug-likeness (QED) is 0.575. The number of aliphatic hydroxyl groups is 1. The Hall–Kier alpha value is -0.940. The Morgan fingerprint density at radius 2 is 1.85 bits per heavy atom. The third-order valence-electron chi connectivity index (χ3n) is 2.88. The highest BCUT2D eigenvalue weighted by Crippen LogP contribution is 1.97. The molecule has 4 nitrogen and oxygen atoms in total. The van der Waals surface area contributed by atoms with Crippen LogP contribution in [0.15, 0.2) is 30.3 Å². The molecule has 2 N–H and O–H groups in total. The van der Waals surface area contributed by atoms with E-state index in [2.05, 4.69) is 24.4 Å². The number of unbranched alkanes of at least 4 members (excludes halogenated alkanes) is 1. The van der Waals surface area contributed by atoms with Crippen LogP contribution >= 0.6 is 0 Å². The first-order valence-electron chi connectivity index (χ1n) is 7.41. The number of benzene rings is 1. The Labute approximate surface area is 122 Å². The predicted octanol–water partition coefficient (Wildman–Crippen LogP) is 1.97. The molecule has 0 aliphatic rings. The summed E-state index contributed by atoms with van der Waals surface area (Å²) in [6.45, 7) is 5.71.